The van der Waals surface area contributed by atoms with Gasteiger partial charge in [0.25, 0.3) is 0 Å². The monoisotopic (exact) mass is 333 g/mol. The Morgan fingerprint density at radius 2 is 2.05 bits per heavy atom. The van der Waals surface area contributed by atoms with Crippen LogP contribution in [0.1, 0.15) is 24.3 Å². The summed E-state index contributed by atoms with van der Waals surface area (Å²) in [4.78, 5) is 13.4. The third-order valence-electron chi connectivity index (χ3n) is 4.50. The molecule has 3 atom stereocenters. The predicted octanol–water partition coefficient (Wildman–Crippen LogP) is 2.97. The Bertz CT molecular complexity index is 607. The van der Waals surface area contributed by atoms with E-state index in [4.69, 9.17) is 11.6 Å². The van der Waals surface area contributed by atoms with E-state index < -0.39 is 24.7 Å². The van der Waals surface area contributed by atoms with Gasteiger partial charge >= 0.3 is 6.18 Å². The molecular formula is C15H15ClF3NO2. The molecule has 1 N–H and O–H groups in total. The minimum atomic E-state index is -4.71. The second kappa shape index (κ2) is 5.13. The van der Waals surface area contributed by atoms with Crippen LogP contribution in [0.15, 0.2) is 24.3 Å². The van der Waals surface area contributed by atoms with Crippen molar-refractivity contribution in [1.82, 2.24) is 4.90 Å². The van der Waals surface area contributed by atoms with Crippen LogP contribution in [0.5, 0.6) is 0 Å². The van der Waals surface area contributed by atoms with Crippen molar-refractivity contribution in [3.63, 3.8) is 0 Å². The molecule has 0 bridgehead atoms. The molecule has 1 aromatic carbocycles. The number of benzene rings is 1. The lowest BCUT2D eigenvalue weighted by Crippen LogP contribution is -2.48. The van der Waals surface area contributed by atoms with Gasteiger partial charge in [0.15, 0.2) is 5.60 Å². The zero-order chi connectivity index (χ0) is 16.1. The van der Waals surface area contributed by atoms with Crippen molar-refractivity contribution >= 4 is 17.5 Å². The van der Waals surface area contributed by atoms with Gasteiger partial charge in [0, 0.05) is 23.9 Å². The average Bonchev–Trinajstić information content (AvgIpc) is 3.12. The van der Waals surface area contributed by atoms with E-state index in [1.807, 2.05) is 12.1 Å². The number of aliphatic hydroxyl groups is 1. The lowest BCUT2D eigenvalue weighted by Gasteiger charge is -2.26. The molecule has 1 saturated carbocycles. The standard InChI is InChI=1S/C15H15ClF3NO2/c16-12-4-2-1-3-9(12)10-7-11(10)13(21)20-6-5-14(22,8-20)15(17,18)19/h1-4,10-11,22H,5-8H2/t10-,11-,14-/m1/s1. The maximum Gasteiger partial charge on any atom is 0.419 e. The van der Waals surface area contributed by atoms with Gasteiger partial charge in [-0.25, -0.2) is 0 Å². The summed E-state index contributed by atoms with van der Waals surface area (Å²) < 4.78 is 38.4. The van der Waals surface area contributed by atoms with Crippen molar-refractivity contribution in [2.24, 2.45) is 5.92 Å². The van der Waals surface area contributed by atoms with Crippen LogP contribution < -0.4 is 0 Å². The second-order valence-corrected chi connectivity index (χ2v) is 6.42. The Kier molecular flexibility index (Phi) is 3.64. The van der Waals surface area contributed by atoms with Crippen molar-refractivity contribution < 1.29 is 23.1 Å². The molecule has 0 unspecified atom stereocenters. The number of carbonyl (C=O) groups excluding carboxylic acids is 1. The van der Waals surface area contributed by atoms with Gasteiger partial charge in [-0.1, -0.05) is 29.8 Å². The largest absolute Gasteiger partial charge is 0.419 e. The van der Waals surface area contributed by atoms with Crippen LogP contribution in [0, 0.1) is 5.92 Å². The summed E-state index contributed by atoms with van der Waals surface area (Å²) in [6.45, 7) is -0.748. The number of likely N-dealkylation sites (tertiary alicyclic amines) is 1. The summed E-state index contributed by atoms with van der Waals surface area (Å²) in [7, 11) is 0. The van der Waals surface area contributed by atoms with E-state index >= 15 is 0 Å². The van der Waals surface area contributed by atoms with Gasteiger partial charge in [-0.15, -0.1) is 0 Å². The van der Waals surface area contributed by atoms with Gasteiger partial charge < -0.3 is 10.0 Å². The molecular weight excluding hydrogens is 319 g/mol. The quantitative estimate of drug-likeness (QED) is 0.904. The number of carbonyl (C=O) groups is 1. The number of alkyl halides is 3. The molecule has 7 heteroatoms. The molecule has 22 heavy (non-hydrogen) atoms. The molecule has 1 aliphatic carbocycles. The summed E-state index contributed by atoms with van der Waals surface area (Å²) in [5.74, 6) is -0.707. The molecule has 0 radical (unpaired) electrons. The summed E-state index contributed by atoms with van der Waals surface area (Å²) in [6, 6.07) is 7.17. The summed E-state index contributed by atoms with van der Waals surface area (Å²) in [6.07, 6.45) is -4.59. The highest BCUT2D eigenvalue weighted by Crippen LogP contribution is 2.51. The Balaban J connectivity index is 1.67. The number of hydrogen-bond donors (Lipinski definition) is 1. The first-order chi connectivity index (χ1) is 10.2. The van der Waals surface area contributed by atoms with E-state index in [2.05, 4.69) is 0 Å². The van der Waals surface area contributed by atoms with E-state index in [1.165, 1.54) is 0 Å². The third-order valence-corrected chi connectivity index (χ3v) is 4.84. The minimum absolute atomic E-state index is 0.0409. The van der Waals surface area contributed by atoms with Crippen molar-refractivity contribution in [3.05, 3.63) is 34.9 Å². The third kappa shape index (κ3) is 2.58. The number of rotatable bonds is 2. The molecule has 2 aliphatic rings. The number of amides is 1. The van der Waals surface area contributed by atoms with Crippen LogP contribution in [0.3, 0.4) is 0 Å². The smallest absolute Gasteiger partial charge is 0.379 e. The normalized spacial score (nSPS) is 31.4. The predicted molar refractivity (Wildman–Crippen MR) is 74.5 cm³/mol. The maximum atomic E-state index is 12.8. The first-order valence-electron chi connectivity index (χ1n) is 7.05. The number of halogens is 4. The van der Waals surface area contributed by atoms with Crippen molar-refractivity contribution in [2.75, 3.05) is 13.1 Å². The topological polar surface area (TPSA) is 40.5 Å². The summed E-state index contributed by atoms with van der Waals surface area (Å²) in [5, 5.41) is 10.2. The molecule has 2 fully saturated rings. The van der Waals surface area contributed by atoms with Gasteiger partial charge in [-0.05, 0) is 24.0 Å². The van der Waals surface area contributed by atoms with Gasteiger partial charge in [0.1, 0.15) is 0 Å². The van der Waals surface area contributed by atoms with Crippen LogP contribution in [0.25, 0.3) is 0 Å². The van der Waals surface area contributed by atoms with Gasteiger partial charge in [-0.3, -0.25) is 4.79 Å². The SMILES string of the molecule is O=C([C@@H]1C[C@@H]1c1ccccc1Cl)N1CC[C@](O)(C(F)(F)F)C1. The fraction of sp³-hybridized carbons (Fsp3) is 0.533. The Labute approximate surface area is 130 Å². The highest BCUT2D eigenvalue weighted by Gasteiger charge is 2.59. The van der Waals surface area contributed by atoms with Gasteiger partial charge in [0.05, 0.1) is 6.54 Å². The van der Waals surface area contributed by atoms with Crippen molar-refractivity contribution in [2.45, 2.75) is 30.5 Å². The Hall–Kier alpha value is -1.27. The lowest BCUT2D eigenvalue weighted by molar-refractivity contribution is -0.253. The van der Waals surface area contributed by atoms with Crippen LogP contribution in [0.2, 0.25) is 5.02 Å². The van der Waals surface area contributed by atoms with Crippen molar-refractivity contribution in [1.29, 1.82) is 0 Å². The fourth-order valence-corrected chi connectivity index (χ4v) is 3.31. The Morgan fingerprint density at radius 3 is 2.64 bits per heavy atom. The molecule has 1 aromatic rings. The molecule has 3 nitrogen and oxygen atoms in total. The van der Waals surface area contributed by atoms with Gasteiger partial charge in [-0.2, -0.15) is 13.2 Å². The molecule has 0 aromatic heterocycles. The zero-order valence-corrected chi connectivity index (χ0v) is 12.4. The lowest BCUT2D eigenvalue weighted by atomic mass is 10.0. The highest BCUT2D eigenvalue weighted by molar-refractivity contribution is 6.31. The van der Waals surface area contributed by atoms with E-state index in [1.54, 1.807) is 12.1 Å². The van der Waals surface area contributed by atoms with Crippen LogP contribution in [-0.4, -0.2) is 40.8 Å². The van der Waals surface area contributed by atoms with E-state index in [9.17, 15) is 23.1 Å². The fourth-order valence-electron chi connectivity index (χ4n) is 3.04. The summed E-state index contributed by atoms with van der Waals surface area (Å²) in [5.41, 5.74) is -1.93. The molecule has 1 heterocycles. The first-order valence-corrected chi connectivity index (χ1v) is 7.43. The maximum absolute atomic E-state index is 12.8. The average molecular weight is 334 g/mol. The second-order valence-electron chi connectivity index (χ2n) is 6.01. The zero-order valence-electron chi connectivity index (χ0n) is 11.6. The molecule has 0 spiro atoms. The molecule has 1 aliphatic heterocycles. The van der Waals surface area contributed by atoms with Crippen LogP contribution in [0.4, 0.5) is 13.2 Å². The summed E-state index contributed by atoms with van der Waals surface area (Å²) >= 11 is 6.08. The molecule has 120 valence electrons. The highest BCUT2D eigenvalue weighted by atomic mass is 35.5. The number of β-amino-alcohol motifs (C(OH)–C–C–N with tert-alkyl or cyclic N) is 1. The van der Waals surface area contributed by atoms with Crippen LogP contribution >= 0.6 is 11.6 Å². The van der Waals surface area contributed by atoms with Crippen molar-refractivity contribution in [3.8, 4) is 0 Å². The minimum Gasteiger partial charge on any atom is -0.379 e. The first kappa shape index (κ1) is 15.6. The van der Waals surface area contributed by atoms with E-state index in [0.29, 0.717) is 11.4 Å². The molecule has 1 amide bonds. The Morgan fingerprint density at radius 1 is 1.36 bits per heavy atom. The number of nitrogens with zero attached hydrogens (tertiary/aromatic N) is 1. The van der Waals surface area contributed by atoms with E-state index in [-0.39, 0.29) is 24.3 Å². The van der Waals surface area contributed by atoms with E-state index in [0.717, 1.165) is 10.5 Å². The van der Waals surface area contributed by atoms with Crippen LogP contribution in [-0.2, 0) is 4.79 Å². The van der Waals surface area contributed by atoms with Gasteiger partial charge in [0.2, 0.25) is 5.91 Å². The molecule has 3 rings (SSSR count). The number of hydrogen-bond acceptors (Lipinski definition) is 2. The molecule has 1 saturated heterocycles.